The lowest BCUT2D eigenvalue weighted by Gasteiger charge is -2.25. The molecule has 0 aromatic carbocycles. The summed E-state index contributed by atoms with van der Waals surface area (Å²) in [5.41, 5.74) is -0.485. The van der Waals surface area contributed by atoms with E-state index in [0.29, 0.717) is 6.61 Å². The van der Waals surface area contributed by atoms with E-state index in [0.717, 1.165) is 45.0 Å². The molecule has 27 heavy (non-hydrogen) atoms. The molecule has 1 rings (SSSR count). The molecule has 1 saturated heterocycles. The Bertz CT molecular complexity index is 476. The van der Waals surface area contributed by atoms with E-state index >= 15 is 0 Å². The van der Waals surface area contributed by atoms with E-state index in [1.807, 2.05) is 27.7 Å². The van der Waals surface area contributed by atoms with Crippen molar-refractivity contribution in [2.75, 3.05) is 53.9 Å². The largest absolute Gasteiger partial charge is 0.444 e. The Morgan fingerprint density at radius 3 is 2.63 bits per heavy atom. The maximum absolute atomic E-state index is 12.0. The number of ether oxygens (including phenoxy) is 2. The standard InChI is InChI=1S/C19H39N5O3/c1-8-26-16(10-11-23(6)7)13-21-17(20-5)24-12-9-15(14-24)22-18(25)27-19(2,3)4/h15-16H,8-14H2,1-7H3,(H,20,21)(H,22,25)/t15-,16?/m1/s1. The van der Waals surface area contributed by atoms with E-state index in [2.05, 4.69) is 39.5 Å². The van der Waals surface area contributed by atoms with Crippen molar-refractivity contribution in [2.24, 2.45) is 4.99 Å². The number of carbonyl (C=O) groups is 1. The average molecular weight is 386 g/mol. The summed E-state index contributed by atoms with van der Waals surface area (Å²) in [6.45, 7) is 11.6. The lowest BCUT2D eigenvalue weighted by atomic mass is 10.2. The summed E-state index contributed by atoms with van der Waals surface area (Å²) in [5.74, 6) is 0.845. The molecular weight excluding hydrogens is 346 g/mol. The summed E-state index contributed by atoms with van der Waals surface area (Å²) in [6, 6.07) is 0.0647. The lowest BCUT2D eigenvalue weighted by Crippen LogP contribution is -2.46. The quantitative estimate of drug-likeness (QED) is 0.487. The van der Waals surface area contributed by atoms with Gasteiger partial charge < -0.3 is 29.9 Å². The van der Waals surface area contributed by atoms with E-state index < -0.39 is 5.60 Å². The number of carbonyl (C=O) groups excluding carboxylic acids is 1. The second-order valence-corrected chi connectivity index (χ2v) is 8.18. The van der Waals surface area contributed by atoms with Gasteiger partial charge in [-0.2, -0.15) is 0 Å². The second kappa shape index (κ2) is 11.3. The zero-order valence-corrected chi connectivity index (χ0v) is 18.2. The Balaban J connectivity index is 2.46. The van der Waals surface area contributed by atoms with Crippen LogP contribution < -0.4 is 10.6 Å². The van der Waals surface area contributed by atoms with Crippen LogP contribution in [-0.4, -0.2) is 93.5 Å². The van der Waals surface area contributed by atoms with Crippen molar-refractivity contribution in [3.8, 4) is 0 Å². The highest BCUT2D eigenvalue weighted by molar-refractivity contribution is 5.80. The van der Waals surface area contributed by atoms with Crippen molar-refractivity contribution >= 4 is 12.1 Å². The number of hydrogen-bond donors (Lipinski definition) is 2. The molecule has 1 unspecified atom stereocenters. The summed E-state index contributed by atoms with van der Waals surface area (Å²) in [6.07, 6.45) is 1.62. The molecular formula is C19H39N5O3. The number of likely N-dealkylation sites (tertiary alicyclic amines) is 1. The van der Waals surface area contributed by atoms with Gasteiger partial charge in [0.25, 0.3) is 0 Å². The van der Waals surface area contributed by atoms with Gasteiger partial charge >= 0.3 is 6.09 Å². The summed E-state index contributed by atoms with van der Waals surface area (Å²) in [4.78, 5) is 20.7. The van der Waals surface area contributed by atoms with Crippen LogP contribution in [-0.2, 0) is 9.47 Å². The van der Waals surface area contributed by atoms with Crippen LogP contribution in [0.3, 0.4) is 0 Å². The predicted molar refractivity (Wildman–Crippen MR) is 109 cm³/mol. The van der Waals surface area contributed by atoms with E-state index in [4.69, 9.17) is 9.47 Å². The van der Waals surface area contributed by atoms with Gasteiger partial charge in [0.05, 0.1) is 12.1 Å². The minimum absolute atomic E-state index is 0.0647. The van der Waals surface area contributed by atoms with Crippen molar-refractivity contribution in [1.82, 2.24) is 20.4 Å². The third-order valence-electron chi connectivity index (χ3n) is 4.21. The van der Waals surface area contributed by atoms with Crippen molar-refractivity contribution in [3.05, 3.63) is 0 Å². The van der Waals surface area contributed by atoms with Crippen LogP contribution in [0.5, 0.6) is 0 Å². The Labute approximate surface area is 164 Å². The summed E-state index contributed by atoms with van der Waals surface area (Å²) in [5, 5.41) is 6.37. The topological polar surface area (TPSA) is 78.4 Å². The molecule has 2 N–H and O–H groups in total. The van der Waals surface area contributed by atoms with Crippen LogP contribution in [0.2, 0.25) is 0 Å². The predicted octanol–water partition coefficient (Wildman–Crippen LogP) is 1.52. The van der Waals surface area contributed by atoms with Gasteiger partial charge in [-0.1, -0.05) is 0 Å². The van der Waals surface area contributed by atoms with Crippen LogP contribution in [0.25, 0.3) is 0 Å². The number of nitrogens with zero attached hydrogens (tertiary/aromatic N) is 3. The van der Waals surface area contributed by atoms with Crippen LogP contribution >= 0.6 is 0 Å². The molecule has 0 radical (unpaired) electrons. The first-order valence-electron chi connectivity index (χ1n) is 9.86. The molecule has 158 valence electrons. The van der Waals surface area contributed by atoms with Gasteiger partial charge in [0, 0.05) is 39.8 Å². The molecule has 1 amide bonds. The second-order valence-electron chi connectivity index (χ2n) is 8.18. The Morgan fingerprint density at radius 2 is 2.07 bits per heavy atom. The Hall–Kier alpha value is -1.54. The van der Waals surface area contributed by atoms with Crippen molar-refractivity contribution < 1.29 is 14.3 Å². The summed E-state index contributed by atoms with van der Waals surface area (Å²) >= 11 is 0. The highest BCUT2D eigenvalue weighted by atomic mass is 16.6. The molecule has 0 aromatic heterocycles. The van der Waals surface area contributed by atoms with Crippen LogP contribution in [0, 0.1) is 0 Å². The smallest absolute Gasteiger partial charge is 0.407 e. The van der Waals surface area contributed by atoms with E-state index in [1.165, 1.54) is 0 Å². The number of aliphatic imine (C=N–C) groups is 1. The summed E-state index contributed by atoms with van der Waals surface area (Å²) in [7, 11) is 5.92. The fourth-order valence-corrected chi connectivity index (χ4v) is 2.96. The van der Waals surface area contributed by atoms with Gasteiger partial charge in [-0.3, -0.25) is 4.99 Å². The van der Waals surface area contributed by atoms with E-state index in [9.17, 15) is 4.79 Å². The maximum atomic E-state index is 12.0. The number of amides is 1. The molecule has 1 heterocycles. The fourth-order valence-electron chi connectivity index (χ4n) is 2.96. The SMILES string of the molecule is CCOC(CCN(C)C)CNC(=NC)N1CC[C@@H](NC(=O)OC(C)(C)C)C1. The maximum Gasteiger partial charge on any atom is 0.407 e. The van der Waals surface area contributed by atoms with Crippen LogP contribution in [0.1, 0.15) is 40.5 Å². The Kier molecular flexibility index (Phi) is 9.87. The van der Waals surface area contributed by atoms with Gasteiger partial charge in [0.15, 0.2) is 5.96 Å². The first kappa shape index (κ1) is 23.5. The molecule has 1 aliphatic heterocycles. The van der Waals surface area contributed by atoms with Gasteiger partial charge in [0.1, 0.15) is 5.60 Å². The molecule has 1 fully saturated rings. The van der Waals surface area contributed by atoms with Crippen molar-refractivity contribution in [2.45, 2.75) is 58.3 Å². The van der Waals surface area contributed by atoms with E-state index in [1.54, 1.807) is 7.05 Å². The van der Waals surface area contributed by atoms with Crippen LogP contribution in [0.15, 0.2) is 4.99 Å². The van der Waals surface area contributed by atoms with Gasteiger partial charge in [0.2, 0.25) is 0 Å². The van der Waals surface area contributed by atoms with Gasteiger partial charge in [-0.15, -0.1) is 0 Å². The molecule has 8 nitrogen and oxygen atoms in total. The zero-order valence-electron chi connectivity index (χ0n) is 18.2. The third kappa shape index (κ3) is 9.81. The normalized spacial score (nSPS) is 19.3. The highest BCUT2D eigenvalue weighted by Crippen LogP contribution is 2.12. The number of guanidine groups is 1. The first-order chi connectivity index (χ1) is 12.6. The van der Waals surface area contributed by atoms with Gasteiger partial charge in [-0.25, -0.2) is 4.79 Å². The molecule has 0 saturated carbocycles. The fraction of sp³-hybridized carbons (Fsp3) is 0.895. The number of hydrogen-bond acceptors (Lipinski definition) is 5. The molecule has 0 spiro atoms. The van der Waals surface area contributed by atoms with E-state index in [-0.39, 0.29) is 18.2 Å². The van der Waals surface area contributed by atoms with Crippen molar-refractivity contribution in [1.29, 1.82) is 0 Å². The minimum Gasteiger partial charge on any atom is -0.444 e. The van der Waals surface area contributed by atoms with Crippen molar-refractivity contribution in [3.63, 3.8) is 0 Å². The molecule has 1 aliphatic rings. The molecule has 0 aliphatic carbocycles. The number of rotatable bonds is 8. The summed E-state index contributed by atoms with van der Waals surface area (Å²) < 4.78 is 11.2. The number of alkyl carbamates (subject to hydrolysis) is 1. The number of nitrogens with one attached hydrogen (secondary N) is 2. The molecule has 0 aromatic rings. The highest BCUT2D eigenvalue weighted by Gasteiger charge is 2.28. The third-order valence-corrected chi connectivity index (χ3v) is 4.21. The zero-order chi connectivity index (χ0) is 20.4. The Morgan fingerprint density at radius 1 is 1.37 bits per heavy atom. The van der Waals surface area contributed by atoms with Crippen LogP contribution in [0.4, 0.5) is 4.79 Å². The molecule has 2 atom stereocenters. The molecule has 0 bridgehead atoms. The molecule has 8 heteroatoms. The lowest BCUT2D eigenvalue weighted by molar-refractivity contribution is 0.0507. The monoisotopic (exact) mass is 385 g/mol. The first-order valence-corrected chi connectivity index (χ1v) is 9.86. The van der Waals surface area contributed by atoms with Gasteiger partial charge in [-0.05, 0) is 54.6 Å². The minimum atomic E-state index is -0.485. The average Bonchev–Trinajstić information content (AvgIpc) is 2.99.